The van der Waals surface area contributed by atoms with E-state index < -0.39 is 0 Å². The number of alkyl halides is 1. The van der Waals surface area contributed by atoms with Gasteiger partial charge in [0.1, 0.15) is 0 Å². The standard InChI is InChI=1S/C13H17Cl2N/c1-2-8-16(11-6-7-11)13-10(9-14)4-3-5-12(13)15/h3-5,11H,2,6-9H2,1H3. The zero-order valence-corrected chi connectivity index (χ0v) is 11.1. The summed E-state index contributed by atoms with van der Waals surface area (Å²) in [4.78, 5) is 2.43. The van der Waals surface area contributed by atoms with E-state index in [1.807, 2.05) is 12.1 Å². The van der Waals surface area contributed by atoms with Crippen LogP contribution < -0.4 is 4.90 Å². The minimum Gasteiger partial charge on any atom is -0.367 e. The molecule has 0 radical (unpaired) electrons. The quantitative estimate of drug-likeness (QED) is 0.705. The number of anilines is 1. The van der Waals surface area contributed by atoms with E-state index in [2.05, 4.69) is 17.9 Å². The van der Waals surface area contributed by atoms with Crippen LogP contribution in [0.25, 0.3) is 0 Å². The Morgan fingerprint density at radius 1 is 1.38 bits per heavy atom. The molecule has 1 nitrogen and oxygen atoms in total. The molecule has 0 amide bonds. The lowest BCUT2D eigenvalue weighted by Gasteiger charge is -2.27. The average Bonchev–Trinajstić information content (AvgIpc) is 3.10. The monoisotopic (exact) mass is 257 g/mol. The van der Waals surface area contributed by atoms with Gasteiger partial charge in [0.25, 0.3) is 0 Å². The lowest BCUT2D eigenvalue weighted by atomic mass is 10.1. The van der Waals surface area contributed by atoms with Gasteiger partial charge in [0, 0.05) is 18.5 Å². The number of rotatable bonds is 5. The molecular formula is C13H17Cl2N. The van der Waals surface area contributed by atoms with Crippen molar-refractivity contribution < 1.29 is 0 Å². The number of hydrogen-bond acceptors (Lipinski definition) is 1. The Hall–Kier alpha value is -0.400. The minimum atomic E-state index is 0.531. The fraction of sp³-hybridized carbons (Fsp3) is 0.538. The molecule has 0 spiro atoms. The molecule has 16 heavy (non-hydrogen) atoms. The van der Waals surface area contributed by atoms with Crippen LogP contribution in [-0.2, 0) is 5.88 Å². The molecule has 1 fully saturated rings. The van der Waals surface area contributed by atoms with Gasteiger partial charge < -0.3 is 4.90 Å². The van der Waals surface area contributed by atoms with E-state index >= 15 is 0 Å². The van der Waals surface area contributed by atoms with Crippen molar-refractivity contribution in [3.63, 3.8) is 0 Å². The van der Waals surface area contributed by atoms with Crippen LogP contribution >= 0.6 is 23.2 Å². The summed E-state index contributed by atoms with van der Waals surface area (Å²) >= 11 is 12.3. The molecule has 0 unspecified atom stereocenters. The molecule has 0 aliphatic heterocycles. The van der Waals surface area contributed by atoms with Crippen LogP contribution in [-0.4, -0.2) is 12.6 Å². The van der Waals surface area contributed by atoms with Crippen LogP contribution in [0, 0.1) is 0 Å². The first-order chi connectivity index (χ1) is 7.77. The highest BCUT2D eigenvalue weighted by molar-refractivity contribution is 6.33. The first-order valence-electron chi connectivity index (χ1n) is 5.88. The van der Waals surface area contributed by atoms with E-state index in [1.165, 1.54) is 12.8 Å². The topological polar surface area (TPSA) is 3.24 Å². The van der Waals surface area contributed by atoms with Crippen molar-refractivity contribution >= 4 is 28.9 Å². The smallest absolute Gasteiger partial charge is 0.0642 e. The zero-order valence-electron chi connectivity index (χ0n) is 9.55. The Morgan fingerprint density at radius 2 is 2.12 bits per heavy atom. The second-order valence-electron chi connectivity index (χ2n) is 4.31. The van der Waals surface area contributed by atoms with Gasteiger partial charge in [0.05, 0.1) is 10.7 Å². The molecule has 2 rings (SSSR count). The molecule has 1 aliphatic rings. The van der Waals surface area contributed by atoms with Gasteiger partial charge in [-0.15, -0.1) is 11.6 Å². The maximum absolute atomic E-state index is 6.31. The maximum Gasteiger partial charge on any atom is 0.0642 e. The van der Waals surface area contributed by atoms with Crippen molar-refractivity contribution in [3.05, 3.63) is 28.8 Å². The number of nitrogens with zero attached hydrogens (tertiary/aromatic N) is 1. The van der Waals surface area contributed by atoms with Crippen LogP contribution in [0.15, 0.2) is 18.2 Å². The predicted octanol–water partition coefficient (Wildman–Crippen LogP) is 4.46. The van der Waals surface area contributed by atoms with Gasteiger partial charge in [-0.25, -0.2) is 0 Å². The van der Waals surface area contributed by atoms with E-state index in [9.17, 15) is 0 Å². The Labute approximate surface area is 107 Å². The zero-order chi connectivity index (χ0) is 11.5. The molecule has 0 bridgehead atoms. The van der Waals surface area contributed by atoms with Gasteiger partial charge in [-0.2, -0.15) is 0 Å². The Kier molecular flexibility index (Phi) is 3.99. The Bertz CT molecular complexity index is 361. The number of para-hydroxylation sites is 1. The molecule has 1 saturated carbocycles. The van der Waals surface area contributed by atoms with Crippen LogP contribution in [0.1, 0.15) is 31.7 Å². The third-order valence-corrected chi connectivity index (χ3v) is 3.55. The van der Waals surface area contributed by atoms with Crippen molar-refractivity contribution in [1.29, 1.82) is 0 Å². The summed E-state index contributed by atoms with van der Waals surface area (Å²) in [6.45, 7) is 3.27. The highest BCUT2D eigenvalue weighted by atomic mass is 35.5. The Morgan fingerprint density at radius 3 is 2.69 bits per heavy atom. The van der Waals surface area contributed by atoms with Crippen molar-refractivity contribution in [2.45, 2.75) is 38.1 Å². The van der Waals surface area contributed by atoms with E-state index in [-0.39, 0.29) is 0 Å². The van der Waals surface area contributed by atoms with Crippen molar-refractivity contribution in [1.82, 2.24) is 0 Å². The molecule has 88 valence electrons. The lowest BCUT2D eigenvalue weighted by molar-refractivity contribution is 0.760. The molecule has 1 aliphatic carbocycles. The van der Waals surface area contributed by atoms with E-state index in [0.29, 0.717) is 11.9 Å². The van der Waals surface area contributed by atoms with Gasteiger partial charge in [-0.05, 0) is 30.9 Å². The minimum absolute atomic E-state index is 0.531. The van der Waals surface area contributed by atoms with Crippen molar-refractivity contribution in [2.75, 3.05) is 11.4 Å². The van der Waals surface area contributed by atoms with E-state index in [4.69, 9.17) is 23.2 Å². The van der Waals surface area contributed by atoms with Crippen LogP contribution in [0.2, 0.25) is 5.02 Å². The summed E-state index contributed by atoms with van der Waals surface area (Å²) in [5.74, 6) is 0.531. The molecule has 0 saturated heterocycles. The highest BCUT2D eigenvalue weighted by Gasteiger charge is 2.30. The van der Waals surface area contributed by atoms with Crippen LogP contribution in [0.4, 0.5) is 5.69 Å². The van der Waals surface area contributed by atoms with Gasteiger partial charge in [0.15, 0.2) is 0 Å². The van der Waals surface area contributed by atoms with E-state index in [0.717, 1.165) is 29.2 Å². The lowest BCUT2D eigenvalue weighted by Crippen LogP contribution is -2.27. The first kappa shape index (κ1) is 12.1. The maximum atomic E-state index is 6.31. The SMILES string of the molecule is CCCN(c1c(Cl)cccc1CCl)C1CC1. The normalized spacial score (nSPS) is 15.2. The summed E-state index contributed by atoms with van der Waals surface area (Å²) in [5, 5.41) is 0.832. The van der Waals surface area contributed by atoms with Gasteiger partial charge >= 0.3 is 0 Å². The fourth-order valence-corrected chi connectivity index (χ4v) is 2.61. The predicted molar refractivity (Wildman–Crippen MR) is 71.7 cm³/mol. The number of benzene rings is 1. The highest BCUT2D eigenvalue weighted by Crippen LogP contribution is 2.38. The van der Waals surface area contributed by atoms with Crippen LogP contribution in [0.5, 0.6) is 0 Å². The summed E-state index contributed by atoms with van der Waals surface area (Å²) in [5.41, 5.74) is 2.30. The molecule has 3 heteroatoms. The third kappa shape index (κ3) is 2.46. The first-order valence-corrected chi connectivity index (χ1v) is 6.79. The van der Waals surface area contributed by atoms with Crippen molar-refractivity contribution in [2.24, 2.45) is 0 Å². The van der Waals surface area contributed by atoms with Gasteiger partial charge in [0.2, 0.25) is 0 Å². The van der Waals surface area contributed by atoms with E-state index in [1.54, 1.807) is 0 Å². The summed E-state index contributed by atoms with van der Waals surface area (Å²) in [6, 6.07) is 6.68. The molecule has 0 aromatic heterocycles. The van der Waals surface area contributed by atoms with Crippen molar-refractivity contribution in [3.8, 4) is 0 Å². The molecule has 0 atom stereocenters. The molecular weight excluding hydrogens is 241 g/mol. The van der Waals surface area contributed by atoms with Gasteiger partial charge in [-0.1, -0.05) is 30.7 Å². The third-order valence-electron chi connectivity index (χ3n) is 2.95. The second-order valence-corrected chi connectivity index (χ2v) is 4.98. The average molecular weight is 258 g/mol. The number of halogens is 2. The number of hydrogen-bond donors (Lipinski definition) is 0. The summed E-state index contributed by atoms with van der Waals surface area (Å²) < 4.78 is 0. The fourth-order valence-electron chi connectivity index (χ4n) is 2.09. The molecule has 1 aromatic rings. The Balaban J connectivity index is 2.34. The van der Waals surface area contributed by atoms with Gasteiger partial charge in [-0.3, -0.25) is 0 Å². The summed E-state index contributed by atoms with van der Waals surface area (Å²) in [6.07, 6.45) is 3.71. The second kappa shape index (κ2) is 5.29. The molecule has 0 N–H and O–H groups in total. The summed E-state index contributed by atoms with van der Waals surface area (Å²) in [7, 11) is 0. The van der Waals surface area contributed by atoms with Crippen LogP contribution in [0.3, 0.4) is 0 Å². The molecule has 1 aromatic carbocycles. The molecule has 0 heterocycles. The largest absolute Gasteiger partial charge is 0.367 e.